The predicted octanol–water partition coefficient (Wildman–Crippen LogP) is 4.15. The molecule has 0 unspecified atom stereocenters. The largest absolute Gasteiger partial charge is 0.514 e. The molecular weight excluding hydrogens is 228 g/mol. The Morgan fingerprint density at radius 1 is 1.00 bits per heavy atom. The quantitative estimate of drug-likeness (QED) is 0.558. The average Bonchev–Trinajstić information content (AvgIpc) is 2.27. The van der Waals surface area contributed by atoms with Gasteiger partial charge in [-0.05, 0) is 32.2 Å². The molecule has 0 saturated carbocycles. The van der Waals surface area contributed by atoms with E-state index in [4.69, 9.17) is 9.47 Å². The van der Waals surface area contributed by atoms with Crippen LogP contribution in [0.2, 0.25) is 0 Å². The zero-order valence-corrected chi connectivity index (χ0v) is 10.8. The van der Waals surface area contributed by atoms with Crippen LogP contribution in [0, 0.1) is 0 Å². The van der Waals surface area contributed by atoms with Crippen molar-refractivity contribution in [3.05, 3.63) is 42.5 Å². The minimum Gasteiger partial charge on any atom is -0.428 e. The van der Waals surface area contributed by atoms with Crippen molar-refractivity contribution in [3.63, 3.8) is 0 Å². The van der Waals surface area contributed by atoms with E-state index in [-0.39, 0.29) is 0 Å². The lowest BCUT2D eigenvalue weighted by Crippen LogP contribution is -2.26. The summed E-state index contributed by atoms with van der Waals surface area (Å²) in [4.78, 5) is 11.6. The number of hydrogen-bond acceptors (Lipinski definition) is 3. The van der Waals surface area contributed by atoms with Crippen LogP contribution in [0.3, 0.4) is 0 Å². The van der Waals surface area contributed by atoms with Gasteiger partial charge in [-0.15, -0.1) is 0 Å². The van der Waals surface area contributed by atoms with Crippen LogP contribution in [0.25, 0.3) is 10.8 Å². The fraction of sp³-hybridized carbons (Fsp3) is 0.267. The van der Waals surface area contributed by atoms with Crippen LogP contribution in [0.1, 0.15) is 20.8 Å². The number of ether oxygens (including phenoxy) is 2. The first-order chi connectivity index (χ1) is 8.46. The summed E-state index contributed by atoms with van der Waals surface area (Å²) in [5.74, 6) is 0.516. The van der Waals surface area contributed by atoms with E-state index in [1.165, 1.54) is 0 Å². The fourth-order valence-electron chi connectivity index (χ4n) is 1.65. The standard InChI is InChI=1S/C15H16O3/c1-15(2,3)18-14(16)17-13-10-6-8-11-7-4-5-9-12(11)13/h4-10H,1-3H3. The maximum absolute atomic E-state index is 11.6. The van der Waals surface area contributed by atoms with Gasteiger partial charge in [-0.25, -0.2) is 4.79 Å². The zero-order chi connectivity index (χ0) is 13.2. The first-order valence-corrected chi connectivity index (χ1v) is 5.84. The molecule has 0 aliphatic heterocycles. The highest BCUT2D eigenvalue weighted by molar-refractivity contribution is 5.89. The minimum atomic E-state index is -0.682. The lowest BCUT2D eigenvalue weighted by Gasteiger charge is -2.19. The number of carbonyl (C=O) groups is 1. The summed E-state index contributed by atoms with van der Waals surface area (Å²) in [5, 5.41) is 1.92. The van der Waals surface area contributed by atoms with E-state index >= 15 is 0 Å². The Hall–Kier alpha value is -2.03. The van der Waals surface area contributed by atoms with E-state index in [9.17, 15) is 4.79 Å². The molecule has 0 heterocycles. The molecule has 0 aliphatic rings. The highest BCUT2D eigenvalue weighted by Crippen LogP contribution is 2.25. The number of benzene rings is 2. The van der Waals surface area contributed by atoms with E-state index in [1.807, 2.05) is 36.4 Å². The molecule has 0 aliphatic carbocycles. The molecule has 18 heavy (non-hydrogen) atoms. The molecular formula is C15H16O3. The summed E-state index contributed by atoms with van der Waals surface area (Å²) in [5.41, 5.74) is -0.554. The third-order valence-electron chi connectivity index (χ3n) is 2.33. The van der Waals surface area contributed by atoms with Crippen molar-refractivity contribution < 1.29 is 14.3 Å². The summed E-state index contributed by atoms with van der Waals surface area (Å²) >= 11 is 0. The fourth-order valence-corrected chi connectivity index (χ4v) is 1.65. The lowest BCUT2D eigenvalue weighted by atomic mass is 10.1. The second-order valence-corrected chi connectivity index (χ2v) is 5.04. The third-order valence-corrected chi connectivity index (χ3v) is 2.33. The minimum absolute atomic E-state index is 0.516. The van der Waals surface area contributed by atoms with Crippen molar-refractivity contribution in [2.45, 2.75) is 26.4 Å². The Labute approximate surface area is 106 Å². The molecule has 2 rings (SSSR count). The van der Waals surface area contributed by atoms with Crippen LogP contribution in [0.4, 0.5) is 4.79 Å². The Balaban J connectivity index is 2.24. The first kappa shape index (κ1) is 12.4. The van der Waals surface area contributed by atoms with Crippen molar-refractivity contribution >= 4 is 16.9 Å². The van der Waals surface area contributed by atoms with E-state index in [0.717, 1.165) is 10.8 Å². The van der Waals surface area contributed by atoms with E-state index < -0.39 is 11.8 Å². The van der Waals surface area contributed by atoms with Crippen LogP contribution < -0.4 is 4.74 Å². The number of rotatable bonds is 1. The second kappa shape index (κ2) is 4.69. The summed E-state index contributed by atoms with van der Waals surface area (Å²) in [6.07, 6.45) is -0.682. The molecule has 0 bridgehead atoms. The van der Waals surface area contributed by atoms with Gasteiger partial charge in [0.05, 0.1) is 0 Å². The topological polar surface area (TPSA) is 35.5 Å². The Morgan fingerprint density at radius 2 is 1.67 bits per heavy atom. The molecule has 0 fully saturated rings. The van der Waals surface area contributed by atoms with Gasteiger partial charge >= 0.3 is 6.16 Å². The van der Waals surface area contributed by atoms with E-state index in [1.54, 1.807) is 26.8 Å². The Kier molecular flexibility index (Phi) is 3.24. The van der Waals surface area contributed by atoms with Crippen molar-refractivity contribution in [3.8, 4) is 5.75 Å². The molecule has 0 aromatic heterocycles. The average molecular weight is 244 g/mol. The monoisotopic (exact) mass is 244 g/mol. The molecule has 0 N–H and O–H groups in total. The molecule has 0 amide bonds. The zero-order valence-electron chi connectivity index (χ0n) is 10.8. The molecule has 3 nitrogen and oxygen atoms in total. The molecule has 3 heteroatoms. The van der Waals surface area contributed by atoms with Crippen molar-refractivity contribution in [2.75, 3.05) is 0 Å². The van der Waals surface area contributed by atoms with Crippen LogP contribution >= 0.6 is 0 Å². The third kappa shape index (κ3) is 3.00. The highest BCUT2D eigenvalue weighted by Gasteiger charge is 2.18. The first-order valence-electron chi connectivity index (χ1n) is 5.84. The maximum atomic E-state index is 11.6. The molecule has 0 atom stereocenters. The lowest BCUT2D eigenvalue weighted by molar-refractivity contribution is 0.0209. The normalized spacial score (nSPS) is 11.3. The smallest absolute Gasteiger partial charge is 0.428 e. The van der Waals surface area contributed by atoms with E-state index in [2.05, 4.69) is 0 Å². The van der Waals surface area contributed by atoms with Gasteiger partial charge in [0.2, 0.25) is 0 Å². The molecule has 0 spiro atoms. The Bertz CT molecular complexity index is 562. The molecule has 2 aromatic rings. The predicted molar refractivity (Wildman–Crippen MR) is 70.8 cm³/mol. The Morgan fingerprint density at radius 3 is 2.39 bits per heavy atom. The van der Waals surface area contributed by atoms with Crippen molar-refractivity contribution in [1.29, 1.82) is 0 Å². The summed E-state index contributed by atoms with van der Waals surface area (Å²) < 4.78 is 10.4. The molecule has 0 radical (unpaired) electrons. The van der Waals surface area contributed by atoms with Crippen LogP contribution in [0.15, 0.2) is 42.5 Å². The number of hydrogen-bond donors (Lipinski definition) is 0. The van der Waals surface area contributed by atoms with Gasteiger partial charge < -0.3 is 9.47 Å². The second-order valence-electron chi connectivity index (χ2n) is 5.04. The summed E-state index contributed by atoms with van der Waals surface area (Å²) in [7, 11) is 0. The molecule has 0 saturated heterocycles. The van der Waals surface area contributed by atoms with Gasteiger partial charge in [-0.2, -0.15) is 0 Å². The summed E-state index contributed by atoms with van der Waals surface area (Å²) in [6, 6.07) is 13.3. The highest BCUT2D eigenvalue weighted by atomic mass is 16.7. The summed E-state index contributed by atoms with van der Waals surface area (Å²) in [6.45, 7) is 5.41. The SMILES string of the molecule is CC(C)(C)OC(=O)Oc1cccc2ccccc12. The maximum Gasteiger partial charge on any atom is 0.514 e. The van der Waals surface area contributed by atoms with Gasteiger partial charge in [0, 0.05) is 5.39 Å². The van der Waals surface area contributed by atoms with Crippen LogP contribution in [0.5, 0.6) is 5.75 Å². The van der Waals surface area contributed by atoms with E-state index in [0.29, 0.717) is 5.75 Å². The van der Waals surface area contributed by atoms with Gasteiger partial charge in [-0.3, -0.25) is 0 Å². The van der Waals surface area contributed by atoms with Crippen LogP contribution in [-0.2, 0) is 4.74 Å². The molecule has 2 aromatic carbocycles. The van der Waals surface area contributed by atoms with Gasteiger partial charge in [0.15, 0.2) is 0 Å². The van der Waals surface area contributed by atoms with Crippen molar-refractivity contribution in [1.82, 2.24) is 0 Å². The van der Waals surface area contributed by atoms with Crippen LogP contribution in [-0.4, -0.2) is 11.8 Å². The number of carbonyl (C=O) groups excluding carboxylic acids is 1. The molecule has 94 valence electrons. The van der Waals surface area contributed by atoms with Gasteiger partial charge in [0.1, 0.15) is 11.4 Å². The van der Waals surface area contributed by atoms with Gasteiger partial charge in [0.25, 0.3) is 0 Å². The van der Waals surface area contributed by atoms with Crippen molar-refractivity contribution in [2.24, 2.45) is 0 Å². The van der Waals surface area contributed by atoms with Gasteiger partial charge in [-0.1, -0.05) is 36.4 Å². The number of fused-ring (bicyclic) bond motifs is 1.